The minimum absolute atomic E-state index is 0.201. The molecule has 0 amide bonds. The second kappa shape index (κ2) is 9.64. The van der Waals surface area contributed by atoms with E-state index < -0.39 is 0 Å². The van der Waals surface area contributed by atoms with E-state index in [0.717, 1.165) is 30.8 Å². The third kappa shape index (κ3) is 5.98. The molecule has 2 aromatic carbocycles. The molecule has 0 unspecified atom stereocenters. The zero-order valence-corrected chi connectivity index (χ0v) is 14.2. The highest BCUT2D eigenvalue weighted by molar-refractivity contribution is 5.25. The lowest BCUT2D eigenvalue weighted by Crippen LogP contribution is -2.25. The standard InChI is InChI=1S/C22H24FN/c1-3-5-9-19(4-2)16-24(17-20-10-7-6-8-11-20)18-21-12-14-22(23)15-13-21/h3-15H,2,16-18H2,1H3. The molecule has 0 bridgehead atoms. The van der Waals surface area contributed by atoms with E-state index in [1.165, 1.54) is 17.7 Å². The molecule has 0 radical (unpaired) electrons. The maximum atomic E-state index is 13.1. The molecule has 0 aromatic heterocycles. The molecule has 2 heteroatoms. The van der Waals surface area contributed by atoms with Crippen LogP contribution in [0.4, 0.5) is 4.39 Å². The highest BCUT2D eigenvalue weighted by atomic mass is 19.1. The lowest BCUT2D eigenvalue weighted by molar-refractivity contribution is 0.281. The number of benzene rings is 2. The first-order chi connectivity index (χ1) is 11.7. The van der Waals surface area contributed by atoms with E-state index in [1.54, 1.807) is 0 Å². The summed E-state index contributed by atoms with van der Waals surface area (Å²) in [5.74, 6) is -0.201. The number of hydrogen-bond acceptors (Lipinski definition) is 1. The summed E-state index contributed by atoms with van der Waals surface area (Å²) in [6, 6.07) is 17.1. The van der Waals surface area contributed by atoms with Crippen molar-refractivity contribution in [1.29, 1.82) is 0 Å². The van der Waals surface area contributed by atoms with Gasteiger partial charge in [0.1, 0.15) is 5.82 Å². The minimum atomic E-state index is -0.201. The number of allylic oxidation sites excluding steroid dienone is 3. The Morgan fingerprint density at radius 2 is 1.62 bits per heavy atom. The van der Waals surface area contributed by atoms with Crippen molar-refractivity contribution in [3.63, 3.8) is 0 Å². The first kappa shape index (κ1) is 17.9. The third-order valence-corrected chi connectivity index (χ3v) is 3.74. The SMILES string of the molecule is C=CC(=CC=CC)CN(Cc1ccccc1)Cc1ccc(F)cc1. The van der Waals surface area contributed by atoms with Gasteiger partial charge in [0.15, 0.2) is 0 Å². The fourth-order valence-corrected chi connectivity index (χ4v) is 2.52. The Morgan fingerprint density at radius 3 is 2.21 bits per heavy atom. The van der Waals surface area contributed by atoms with Crippen molar-refractivity contribution in [3.8, 4) is 0 Å². The molecule has 0 aliphatic heterocycles. The fourth-order valence-electron chi connectivity index (χ4n) is 2.52. The molecule has 1 nitrogen and oxygen atoms in total. The second-order valence-electron chi connectivity index (χ2n) is 5.73. The molecule has 0 aliphatic rings. The third-order valence-electron chi connectivity index (χ3n) is 3.74. The van der Waals surface area contributed by atoms with Crippen LogP contribution < -0.4 is 0 Å². The molecule has 0 fully saturated rings. The molecule has 124 valence electrons. The van der Waals surface area contributed by atoms with E-state index in [4.69, 9.17) is 0 Å². The molecule has 24 heavy (non-hydrogen) atoms. The van der Waals surface area contributed by atoms with Gasteiger partial charge in [-0.05, 0) is 35.8 Å². The van der Waals surface area contributed by atoms with E-state index >= 15 is 0 Å². The Hall–Kier alpha value is -2.45. The van der Waals surface area contributed by atoms with Crippen molar-refractivity contribution in [1.82, 2.24) is 4.90 Å². The summed E-state index contributed by atoms with van der Waals surface area (Å²) in [5.41, 5.74) is 3.52. The van der Waals surface area contributed by atoms with Gasteiger partial charge < -0.3 is 0 Å². The van der Waals surface area contributed by atoms with Crippen molar-refractivity contribution in [2.75, 3.05) is 6.54 Å². The van der Waals surface area contributed by atoms with Crippen molar-refractivity contribution in [3.05, 3.63) is 108 Å². The fraction of sp³-hybridized carbons (Fsp3) is 0.182. The Kier molecular flexibility index (Phi) is 7.19. The van der Waals surface area contributed by atoms with Crippen molar-refractivity contribution in [2.45, 2.75) is 20.0 Å². The number of halogens is 1. The van der Waals surface area contributed by atoms with Gasteiger partial charge in [-0.2, -0.15) is 0 Å². The van der Waals surface area contributed by atoms with Crippen molar-refractivity contribution >= 4 is 0 Å². The van der Waals surface area contributed by atoms with Crippen LogP contribution in [0, 0.1) is 5.82 Å². The molecule has 2 rings (SSSR count). The lowest BCUT2D eigenvalue weighted by atomic mass is 10.1. The Bertz CT molecular complexity index is 684. The van der Waals surface area contributed by atoms with Gasteiger partial charge in [-0.25, -0.2) is 4.39 Å². The Labute approximate surface area is 144 Å². The number of rotatable bonds is 8. The van der Waals surface area contributed by atoms with E-state index in [9.17, 15) is 4.39 Å². The predicted octanol–water partition coefficient (Wildman–Crippen LogP) is 5.52. The van der Waals surface area contributed by atoms with Crippen LogP contribution in [0.15, 0.2) is 91.1 Å². The smallest absolute Gasteiger partial charge is 0.123 e. The molecule has 0 N–H and O–H groups in total. The van der Waals surface area contributed by atoms with Gasteiger partial charge in [0.05, 0.1) is 0 Å². The van der Waals surface area contributed by atoms with Gasteiger partial charge in [-0.1, -0.05) is 73.3 Å². The summed E-state index contributed by atoms with van der Waals surface area (Å²) < 4.78 is 13.1. The summed E-state index contributed by atoms with van der Waals surface area (Å²) in [7, 11) is 0. The maximum absolute atomic E-state index is 13.1. The largest absolute Gasteiger partial charge is 0.291 e. The first-order valence-electron chi connectivity index (χ1n) is 8.16. The number of hydrogen-bond donors (Lipinski definition) is 0. The van der Waals surface area contributed by atoms with Gasteiger partial charge in [0.25, 0.3) is 0 Å². The summed E-state index contributed by atoms with van der Waals surface area (Å²) in [6.07, 6.45) is 8.00. The molecule has 0 saturated heterocycles. The van der Waals surface area contributed by atoms with Gasteiger partial charge in [0, 0.05) is 19.6 Å². The number of nitrogens with zero attached hydrogens (tertiary/aromatic N) is 1. The quantitative estimate of drug-likeness (QED) is 0.579. The molecule has 2 aromatic rings. The van der Waals surface area contributed by atoms with Crippen LogP contribution in [-0.2, 0) is 13.1 Å². The highest BCUT2D eigenvalue weighted by Crippen LogP contribution is 2.13. The average Bonchev–Trinajstić information content (AvgIpc) is 2.61. The van der Waals surface area contributed by atoms with Crippen LogP contribution in [0.5, 0.6) is 0 Å². The van der Waals surface area contributed by atoms with Gasteiger partial charge in [-0.3, -0.25) is 4.90 Å². The topological polar surface area (TPSA) is 3.24 Å². The summed E-state index contributed by atoms with van der Waals surface area (Å²) in [6.45, 7) is 8.30. The summed E-state index contributed by atoms with van der Waals surface area (Å²) >= 11 is 0. The maximum Gasteiger partial charge on any atom is 0.123 e. The lowest BCUT2D eigenvalue weighted by Gasteiger charge is -2.23. The van der Waals surface area contributed by atoms with E-state index in [1.807, 2.05) is 43.4 Å². The zero-order valence-electron chi connectivity index (χ0n) is 14.2. The first-order valence-corrected chi connectivity index (χ1v) is 8.16. The van der Waals surface area contributed by atoms with Crippen LogP contribution >= 0.6 is 0 Å². The summed E-state index contributed by atoms with van der Waals surface area (Å²) in [5, 5.41) is 0. The highest BCUT2D eigenvalue weighted by Gasteiger charge is 2.09. The van der Waals surface area contributed by atoms with E-state index in [-0.39, 0.29) is 5.82 Å². The molecular formula is C22H24FN. The van der Waals surface area contributed by atoms with E-state index in [2.05, 4.69) is 41.8 Å². The van der Waals surface area contributed by atoms with Gasteiger partial charge in [-0.15, -0.1) is 0 Å². The predicted molar refractivity (Wildman–Crippen MR) is 100 cm³/mol. The molecule has 0 atom stereocenters. The molecular weight excluding hydrogens is 297 g/mol. The Morgan fingerprint density at radius 1 is 1.00 bits per heavy atom. The minimum Gasteiger partial charge on any atom is -0.291 e. The molecule has 0 heterocycles. The van der Waals surface area contributed by atoms with Crippen LogP contribution in [0.25, 0.3) is 0 Å². The Balaban J connectivity index is 2.16. The molecule has 0 saturated carbocycles. The monoisotopic (exact) mass is 321 g/mol. The van der Waals surface area contributed by atoms with Crippen LogP contribution in [0.1, 0.15) is 18.1 Å². The average molecular weight is 321 g/mol. The van der Waals surface area contributed by atoms with Crippen LogP contribution in [0.3, 0.4) is 0 Å². The molecule has 0 spiro atoms. The van der Waals surface area contributed by atoms with Gasteiger partial charge in [0.2, 0.25) is 0 Å². The second-order valence-corrected chi connectivity index (χ2v) is 5.73. The van der Waals surface area contributed by atoms with E-state index in [0.29, 0.717) is 0 Å². The molecule has 0 aliphatic carbocycles. The van der Waals surface area contributed by atoms with Gasteiger partial charge >= 0.3 is 0 Å². The van der Waals surface area contributed by atoms with Crippen molar-refractivity contribution < 1.29 is 4.39 Å². The van der Waals surface area contributed by atoms with Crippen LogP contribution in [-0.4, -0.2) is 11.4 Å². The van der Waals surface area contributed by atoms with Crippen molar-refractivity contribution in [2.24, 2.45) is 0 Å². The zero-order chi connectivity index (χ0) is 17.2. The summed E-state index contributed by atoms with van der Waals surface area (Å²) in [4.78, 5) is 2.33. The normalized spacial score (nSPS) is 12.0. The van der Waals surface area contributed by atoms with Crippen LogP contribution in [0.2, 0.25) is 0 Å².